The maximum Gasteiger partial charge on any atom is 0.226 e. The average molecular weight is 422 g/mol. The van der Waals surface area contributed by atoms with Gasteiger partial charge in [0, 0.05) is 17.9 Å². The zero-order chi connectivity index (χ0) is 20.8. The number of anilines is 1. The number of carbonyl (C=O) groups is 1. The normalized spacial score (nSPS) is 15.8. The third-order valence-electron chi connectivity index (χ3n) is 5.19. The van der Waals surface area contributed by atoms with Gasteiger partial charge >= 0.3 is 0 Å². The molecular weight excluding hydrogens is 403 g/mol. The lowest BCUT2D eigenvalue weighted by Crippen LogP contribution is -2.25. The summed E-state index contributed by atoms with van der Waals surface area (Å²) >= 11 is 1.48. The number of nitrogens with one attached hydrogen (secondary N) is 1. The fourth-order valence-corrected chi connectivity index (χ4v) is 4.89. The largest absolute Gasteiger partial charge is 0.494 e. The molecule has 2 aromatic heterocycles. The van der Waals surface area contributed by atoms with Gasteiger partial charge in [-0.25, -0.2) is 9.37 Å². The molecular formula is C22H19FN4O2S. The first-order valence-electron chi connectivity index (χ1n) is 9.72. The van der Waals surface area contributed by atoms with Crippen LogP contribution in [0, 0.1) is 12.7 Å². The Kier molecular flexibility index (Phi) is 4.51. The lowest BCUT2D eigenvalue weighted by Gasteiger charge is -2.24. The molecule has 6 nitrogen and oxygen atoms in total. The SMILES string of the molecule is CCOc1ccc2nc(-n3nc(C)c4c3NC(=O)C[C@H]4c3cccc(F)c3)sc2c1. The summed E-state index contributed by atoms with van der Waals surface area (Å²) in [7, 11) is 0. The first-order valence-corrected chi connectivity index (χ1v) is 10.5. The Morgan fingerprint density at radius 2 is 2.17 bits per heavy atom. The Bertz CT molecular complexity index is 1280. The molecule has 0 bridgehead atoms. The fraction of sp³-hybridized carbons (Fsp3) is 0.227. The summed E-state index contributed by atoms with van der Waals surface area (Å²) in [6.07, 6.45) is 0.251. The van der Waals surface area contributed by atoms with Crippen LogP contribution < -0.4 is 10.1 Å². The molecule has 1 amide bonds. The number of hydrogen-bond acceptors (Lipinski definition) is 5. The van der Waals surface area contributed by atoms with E-state index >= 15 is 0 Å². The van der Waals surface area contributed by atoms with E-state index in [1.165, 1.54) is 23.5 Å². The van der Waals surface area contributed by atoms with Gasteiger partial charge in [-0.1, -0.05) is 23.5 Å². The van der Waals surface area contributed by atoms with Crippen LogP contribution in [0.5, 0.6) is 5.75 Å². The van der Waals surface area contributed by atoms with E-state index < -0.39 is 0 Å². The Labute approximate surface area is 176 Å². The maximum absolute atomic E-state index is 13.8. The van der Waals surface area contributed by atoms with E-state index in [0.717, 1.165) is 32.8 Å². The van der Waals surface area contributed by atoms with Crippen molar-refractivity contribution in [3.05, 3.63) is 65.1 Å². The highest BCUT2D eigenvalue weighted by atomic mass is 32.1. The summed E-state index contributed by atoms with van der Waals surface area (Å²) in [6, 6.07) is 12.2. The highest BCUT2D eigenvalue weighted by Crippen LogP contribution is 2.41. The van der Waals surface area contributed by atoms with Crippen LogP contribution in [0.15, 0.2) is 42.5 Å². The topological polar surface area (TPSA) is 69.0 Å². The number of carbonyl (C=O) groups excluding carboxylic acids is 1. The summed E-state index contributed by atoms with van der Waals surface area (Å²) in [5.74, 6) is 0.691. The summed E-state index contributed by atoms with van der Waals surface area (Å²) in [5.41, 5.74) is 3.28. The van der Waals surface area contributed by atoms with E-state index in [1.54, 1.807) is 10.7 Å². The van der Waals surface area contributed by atoms with Crippen molar-refractivity contribution in [2.24, 2.45) is 0 Å². The van der Waals surface area contributed by atoms with Crippen molar-refractivity contribution in [1.29, 1.82) is 0 Å². The molecule has 1 atom stereocenters. The number of ether oxygens (including phenoxy) is 1. The molecule has 0 aliphatic carbocycles. The van der Waals surface area contributed by atoms with E-state index in [0.29, 0.717) is 17.6 Å². The van der Waals surface area contributed by atoms with Gasteiger partial charge in [0.05, 0.1) is 22.5 Å². The molecule has 2 aromatic carbocycles. The standard InChI is InChI=1S/C22H19FN4O2S/c1-3-29-15-7-8-17-18(10-15)30-22(24-17)27-21-20(12(2)26-27)16(11-19(28)25-21)13-5-4-6-14(23)9-13/h4-10,16H,3,11H2,1-2H3,(H,25,28)/t16-/m0/s1. The molecule has 8 heteroatoms. The Morgan fingerprint density at radius 1 is 1.30 bits per heavy atom. The molecule has 5 rings (SSSR count). The van der Waals surface area contributed by atoms with Crippen LogP contribution in [-0.4, -0.2) is 27.3 Å². The third kappa shape index (κ3) is 3.13. The number of hydrogen-bond donors (Lipinski definition) is 1. The van der Waals surface area contributed by atoms with Crippen molar-refractivity contribution in [1.82, 2.24) is 14.8 Å². The van der Waals surface area contributed by atoms with Crippen LogP contribution >= 0.6 is 11.3 Å². The Balaban J connectivity index is 1.63. The molecule has 1 aliphatic rings. The molecule has 30 heavy (non-hydrogen) atoms. The van der Waals surface area contributed by atoms with Crippen molar-refractivity contribution >= 4 is 33.3 Å². The zero-order valence-corrected chi connectivity index (χ0v) is 17.3. The van der Waals surface area contributed by atoms with Crippen LogP contribution in [0.1, 0.15) is 36.1 Å². The summed E-state index contributed by atoms with van der Waals surface area (Å²) in [4.78, 5) is 17.2. The van der Waals surface area contributed by atoms with Crippen molar-refractivity contribution in [2.75, 3.05) is 11.9 Å². The minimum Gasteiger partial charge on any atom is -0.494 e. The van der Waals surface area contributed by atoms with Gasteiger partial charge in [0.1, 0.15) is 17.4 Å². The molecule has 0 unspecified atom stereocenters. The number of fused-ring (bicyclic) bond motifs is 2. The predicted octanol–water partition coefficient (Wildman–Crippen LogP) is 4.80. The van der Waals surface area contributed by atoms with E-state index in [9.17, 15) is 9.18 Å². The van der Waals surface area contributed by atoms with Gasteiger partial charge in [0.25, 0.3) is 0 Å². The molecule has 1 aliphatic heterocycles. The third-order valence-corrected chi connectivity index (χ3v) is 6.19. The van der Waals surface area contributed by atoms with E-state index in [1.807, 2.05) is 38.1 Å². The molecule has 0 fully saturated rings. The van der Waals surface area contributed by atoms with E-state index in [-0.39, 0.29) is 24.1 Å². The van der Waals surface area contributed by atoms with E-state index in [4.69, 9.17) is 9.72 Å². The molecule has 0 radical (unpaired) electrons. The minimum absolute atomic E-state index is 0.127. The number of thiazole rings is 1. The highest BCUT2D eigenvalue weighted by molar-refractivity contribution is 7.20. The molecule has 0 saturated heterocycles. The van der Waals surface area contributed by atoms with Crippen LogP contribution in [0.4, 0.5) is 10.2 Å². The summed E-state index contributed by atoms with van der Waals surface area (Å²) in [6.45, 7) is 4.44. The van der Waals surface area contributed by atoms with Crippen molar-refractivity contribution in [3.8, 4) is 10.9 Å². The second-order valence-electron chi connectivity index (χ2n) is 7.18. The minimum atomic E-state index is -0.318. The molecule has 1 N–H and O–H groups in total. The number of rotatable bonds is 4. The van der Waals surface area contributed by atoms with Gasteiger partial charge in [-0.15, -0.1) is 0 Å². The quantitative estimate of drug-likeness (QED) is 0.513. The van der Waals surface area contributed by atoms with Gasteiger partial charge in [-0.3, -0.25) is 4.79 Å². The molecule has 3 heterocycles. The average Bonchev–Trinajstić information content (AvgIpc) is 3.28. The highest BCUT2D eigenvalue weighted by Gasteiger charge is 2.33. The van der Waals surface area contributed by atoms with Crippen molar-refractivity contribution < 1.29 is 13.9 Å². The number of aromatic nitrogens is 3. The molecule has 152 valence electrons. The van der Waals surface area contributed by atoms with Gasteiger partial charge in [-0.2, -0.15) is 9.78 Å². The Hall–Kier alpha value is -3.26. The summed E-state index contributed by atoms with van der Waals surface area (Å²) < 4.78 is 22.1. The number of nitrogens with zero attached hydrogens (tertiary/aromatic N) is 3. The van der Waals surface area contributed by atoms with Crippen molar-refractivity contribution in [3.63, 3.8) is 0 Å². The van der Waals surface area contributed by atoms with Crippen LogP contribution in [-0.2, 0) is 4.79 Å². The second kappa shape index (κ2) is 7.21. The maximum atomic E-state index is 13.8. The number of amides is 1. The number of halogens is 1. The molecule has 0 saturated carbocycles. The first kappa shape index (κ1) is 18.7. The monoisotopic (exact) mass is 422 g/mol. The number of aryl methyl sites for hydroxylation is 1. The predicted molar refractivity (Wildman–Crippen MR) is 114 cm³/mol. The Morgan fingerprint density at radius 3 is 2.97 bits per heavy atom. The van der Waals surface area contributed by atoms with Crippen LogP contribution in [0.3, 0.4) is 0 Å². The summed E-state index contributed by atoms with van der Waals surface area (Å²) in [5, 5.41) is 8.28. The van der Waals surface area contributed by atoms with Gasteiger partial charge in [0.2, 0.25) is 11.0 Å². The second-order valence-corrected chi connectivity index (χ2v) is 8.19. The van der Waals surface area contributed by atoms with Crippen LogP contribution in [0.2, 0.25) is 0 Å². The van der Waals surface area contributed by atoms with Crippen molar-refractivity contribution in [2.45, 2.75) is 26.2 Å². The smallest absolute Gasteiger partial charge is 0.226 e. The van der Waals surface area contributed by atoms with Gasteiger partial charge in [0.15, 0.2) is 0 Å². The first-order chi connectivity index (χ1) is 14.5. The lowest BCUT2D eigenvalue weighted by atomic mass is 9.86. The number of benzene rings is 2. The zero-order valence-electron chi connectivity index (χ0n) is 16.5. The van der Waals surface area contributed by atoms with E-state index in [2.05, 4.69) is 10.4 Å². The van der Waals surface area contributed by atoms with Gasteiger partial charge in [-0.05, 0) is 49.7 Å². The fourth-order valence-electron chi connectivity index (χ4n) is 3.93. The molecule has 0 spiro atoms. The lowest BCUT2D eigenvalue weighted by molar-refractivity contribution is -0.116. The van der Waals surface area contributed by atoms with Crippen LogP contribution in [0.25, 0.3) is 15.3 Å². The van der Waals surface area contributed by atoms with Gasteiger partial charge < -0.3 is 10.1 Å². The molecule has 4 aromatic rings.